The largest absolute Gasteiger partial charge is 0.376 e. The summed E-state index contributed by atoms with van der Waals surface area (Å²) >= 11 is 4.77. The van der Waals surface area contributed by atoms with E-state index in [0.29, 0.717) is 13.1 Å². The van der Waals surface area contributed by atoms with E-state index >= 15 is 0 Å². The molecule has 3 amide bonds. The number of amides is 3. The first-order chi connectivity index (χ1) is 10.1. The van der Waals surface area contributed by atoms with Gasteiger partial charge in [0.15, 0.2) is 5.11 Å². The molecule has 2 heterocycles. The van der Waals surface area contributed by atoms with Crippen LogP contribution in [-0.2, 0) is 11.3 Å². The molecular formula is C14H16N4O2S. The minimum Gasteiger partial charge on any atom is -0.376 e. The van der Waals surface area contributed by atoms with Gasteiger partial charge in [-0.15, -0.1) is 0 Å². The third-order valence-electron chi connectivity index (χ3n) is 3.84. The van der Waals surface area contributed by atoms with Crippen LogP contribution in [0.3, 0.4) is 0 Å². The van der Waals surface area contributed by atoms with Crippen LogP contribution >= 0.6 is 12.2 Å². The molecule has 0 radical (unpaired) electrons. The number of thiocarbonyl (C=S) groups is 1. The number of anilines is 1. The van der Waals surface area contributed by atoms with Crippen molar-refractivity contribution in [1.29, 1.82) is 0 Å². The summed E-state index contributed by atoms with van der Waals surface area (Å²) in [6, 6.07) is 6.93. The van der Waals surface area contributed by atoms with Crippen LogP contribution in [0.4, 0.5) is 10.5 Å². The van der Waals surface area contributed by atoms with Gasteiger partial charge >= 0.3 is 6.03 Å². The number of carbonyl (C=O) groups excluding carboxylic acids is 2. The highest BCUT2D eigenvalue weighted by Gasteiger charge is 2.47. The first-order valence-electron chi connectivity index (χ1n) is 6.83. The molecule has 2 saturated heterocycles. The maximum Gasteiger partial charge on any atom is 0.327 e. The topological polar surface area (TPSA) is 78.7 Å². The summed E-state index contributed by atoms with van der Waals surface area (Å²) in [5.41, 5.74) is 7.08. The fourth-order valence-electron chi connectivity index (χ4n) is 2.85. The van der Waals surface area contributed by atoms with Crippen LogP contribution in [-0.4, -0.2) is 39.4 Å². The molecule has 7 heteroatoms. The van der Waals surface area contributed by atoms with Gasteiger partial charge in [-0.05, 0) is 42.8 Å². The summed E-state index contributed by atoms with van der Waals surface area (Å²) in [5, 5.41) is 3.03. The van der Waals surface area contributed by atoms with Crippen molar-refractivity contribution in [1.82, 2.24) is 9.80 Å². The molecule has 0 spiro atoms. The van der Waals surface area contributed by atoms with Gasteiger partial charge in [0.1, 0.15) is 6.04 Å². The molecule has 1 atom stereocenters. The Balaban J connectivity index is 1.70. The van der Waals surface area contributed by atoms with Crippen LogP contribution in [0, 0.1) is 0 Å². The number of imide groups is 1. The molecule has 3 rings (SSSR count). The Labute approximate surface area is 127 Å². The molecular weight excluding hydrogens is 288 g/mol. The Bertz CT molecular complexity index is 579. The van der Waals surface area contributed by atoms with Crippen molar-refractivity contribution in [3.8, 4) is 0 Å². The van der Waals surface area contributed by atoms with Gasteiger partial charge in [0.05, 0.1) is 6.54 Å². The number of nitrogens with zero attached hydrogens (tertiary/aromatic N) is 2. The van der Waals surface area contributed by atoms with Gasteiger partial charge in [-0.2, -0.15) is 0 Å². The molecule has 110 valence electrons. The van der Waals surface area contributed by atoms with Crippen LogP contribution in [0.5, 0.6) is 0 Å². The minimum atomic E-state index is -0.243. The Kier molecular flexibility index (Phi) is 3.50. The number of hydrogen-bond donors (Lipinski definition) is 2. The number of benzene rings is 1. The Morgan fingerprint density at radius 1 is 1.33 bits per heavy atom. The number of carbonyl (C=O) groups is 2. The smallest absolute Gasteiger partial charge is 0.327 e. The number of nitrogens with two attached hydrogens (primary N) is 1. The van der Waals surface area contributed by atoms with E-state index in [-0.39, 0.29) is 23.1 Å². The van der Waals surface area contributed by atoms with Gasteiger partial charge in [-0.25, -0.2) is 4.79 Å². The molecule has 2 aliphatic heterocycles. The van der Waals surface area contributed by atoms with Gasteiger partial charge in [0.25, 0.3) is 5.91 Å². The summed E-state index contributed by atoms with van der Waals surface area (Å²) in [7, 11) is 0. The van der Waals surface area contributed by atoms with Crippen molar-refractivity contribution in [2.24, 2.45) is 5.73 Å². The molecule has 1 aromatic rings. The molecule has 0 aromatic heterocycles. The fraction of sp³-hybridized carbons (Fsp3) is 0.357. The second-order valence-corrected chi connectivity index (χ2v) is 5.68. The number of rotatable bonds is 3. The molecule has 21 heavy (non-hydrogen) atoms. The SMILES string of the molecule is NC(=S)Nc1ccc(CN2C(=O)C3CCCN3C2=O)cc1. The summed E-state index contributed by atoms with van der Waals surface area (Å²) in [6.07, 6.45) is 1.69. The summed E-state index contributed by atoms with van der Waals surface area (Å²) in [6.45, 7) is 0.987. The standard InChI is InChI=1S/C14H16N4O2S/c15-13(21)16-10-5-3-9(4-6-10)8-18-12(19)11-2-1-7-17(11)14(18)20/h3-6,11H,1-2,7-8H2,(H3,15,16,21). The van der Waals surface area contributed by atoms with Crippen LogP contribution in [0.2, 0.25) is 0 Å². The normalized spacial score (nSPS) is 20.9. The van der Waals surface area contributed by atoms with Crippen molar-refractivity contribution in [2.75, 3.05) is 11.9 Å². The summed E-state index contributed by atoms with van der Waals surface area (Å²) in [4.78, 5) is 27.4. The van der Waals surface area contributed by atoms with Crippen molar-refractivity contribution >= 4 is 35.0 Å². The highest BCUT2D eigenvalue weighted by Crippen LogP contribution is 2.28. The van der Waals surface area contributed by atoms with E-state index in [1.807, 2.05) is 24.3 Å². The van der Waals surface area contributed by atoms with E-state index in [4.69, 9.17) is 18.0 Å². The Morgan fingerprint density at radius 2 is 2.05 bits per heavy atom. The summed E-state index contributed by atoms with van der Waals surface area (Å²) < 4.78 is 0. The maximum atomic E-state index is 12.2. The predicted octanol–water partition coefficient (Wildman–Crippen LogP) is 1.27. The molecule has 0 bridgehead atoms. The van der Waals surface area contributed by atoms with Gasteiger partial charge < -0.3 is 16.0 Å². The fourth-order valence-corrected chi connectivity index (χ4v) is 2.96. The zero-order valence-electron chi connectivity index (χ0n) is 11.4. The molecule has 2 fully saturated rings. The van der Waals surface area contributed by atoms with Gasteiger partial charge in [-0.1, -0.05) is 12.1 Å². The minimum absolute atomic E-state index is 0.0807. The Hall–Kier alpha value is -2.15. The van der Waals surface area contributed by atoms with Gasteiger partial charge in [0.2, 0.25) is 0 Å². The van der Waals surface area contributed by atoms with Crippen molar-refractivity contribution in [2.45, 2.75) is 25.4 Å². The van der Waals surface area contributed by atoms with E-state index in [0.717, 1.165) is 24.1 Å². The van der Waals surface area contributed by atoms with Crippen molar-refractivity contribution in [3.05, 3.63) is 29.8 Å². The molecule has 1 unspecified atom stereocenters. The molecule has 1 aromatic carbocycles. The molecule has 3 N–H and O–H groups in total. The molecule has 0 saturated carbocycles. The lowest BCUT2D eigenvalue weighted by Crippen LogP contribution is -2.32. The third kappa shape index (κ3) is 2.56. The lowest BCUT2D eigenvalue weighted by Gasteiger charge is -2.15. The van der Waals surface area contributed by atoms with E-state index in [1.54, 1.807) is 4.90 Å². The first kappa shape index (κ1) is 13.8. The van der Waals surface area contributed by atoms with E-state index in [1.165, 1.54) is 4.90 Å². The van der Waals surface area contributed by atoms with E-state index < -0.39 is 0 Å². The van der Waals surface area contributed by atoms with Gasteiger partial charge in [0, 0.05) is 12.2 Å². The second kappa shape index (κ2) is 5.33. The van der Waals surface area contributed by atoms with Gasteiger partial charge in [-0.3, -0.25) is 9.69 Å². The number of urea groups is 1. The lowest BCUT2D eigenvalue weighted by molar-refractivity contribution is -0.128. The van der Waals surface area contributed by atoms with E-state index in [2.05, 4.69) is 5.32 Å². The zero-order chi connectivity index (χ0) is 15.0. The van der Waals surface area contributed by atoms with Crippen LogP contribution in [0.25, 0.3) is 0 Å². The molecule has 2 aliphatic rings. The van der Waals surface area contributed by atoms with Crippen LogP contribution in [0.15, 0.2) is 24.3 Å². The number of nitrogens with one attached hydrogen (secondary N) is 1. The van der Waals surface area contributed by atoms with Crippen LogP contribution in [0.1, 0.15) is 18.4 Å². The summed E-state index contributed by atoms with van der Waals surface area (Å²) in [5.74, 6) is -0.0807. The highest BCUT2D eigenvalue weighted by molar-refractivity contribution is 7.80. The average Bonchev–Trinajstić information content (AvgIpc) is 3.00. The molecule has 6 nitrogen and oxygen atoms in total. The van der Waals surface area contributed by atoms with Crippen molar-refractivity contribution in [3.63, 3.8) is 0 Å². The van der Waals surface area contributed by atoms with E-state index in [9.17, 15) is 9.59 Å². The average molecular weight is 304 g/mol. The number of fused-ring (bicyclic) bond motifs is 1. The second-order valence-electron chi connectivity index (χ2n) is 5.24. The quantitative estimate of drug-likeness (QED) is 0.649. The zero-order valence-corrected chi connectivity index (χ0v) is 12.2. The molecule has 0 aliphatic carbocycles. The number of hydrogen-bond acceptors (Lipinski definition) is 3. The predicted molar refractivity (Wildman–Crippen MR) is 82.5 cm³/mol. The van der Waals surface area contributed by atoms with Crippen molar-refractivity contribution < 1.29 is 9.59 Å². The first-order valence-corrected chi connectivity index (χ1v) is 7.24. The third-order valence-corrected chi connectivity index (χ3v) is 3.94. The Morgan fingerprint density at radius 3 is 2.67 bits per heavy atom. The maximum absolute atomic E-state index is 12.2. The monoisotopic (exact) mass is 304 g/mol. The lowest BCUT2D eigenvalue weighted by atomic mass is 10.1. The van der Waals surface area contributed by atoms with Crippen LogP contribution < -0.4 is 11.1 Å². The highest BCUT2D eigenvalue weighted by atomic mass is 32.1.